The first-order valence-electron chi connectivity index (χ1n) is 8.57. The molecule has 1 amide bonds. The molecule has 26 heavy (non-hydrogen) atoms. The smallest absolute Gasteiger partial charge is 0.243 e. The Balaban J connectivity index is 0.000000407. The molecule has 1 N–H and O–H groups in total. The molecule has 0 saturated carbocycles. The van der Waals surface area contributed by atoms with Crippen LogP contribution in [0.3, 0.4) is 0 Å². The Morgan fingerprint density at radius 3 is 2.54 bits per heavy atom. The van der Waals surface area contributed by atoms with Gasteiger partial charge in [0.1, 0.15) is 17.9 Å². The second kappa shape index (κ2) is 13.3. The number of nitrogens with one attached hydrogen (secondary N) is 1. The van der Waals surface area contributed by atoms with E-state index in [1.807, 2.05) is 51.4 Å². The van der Waals surface area contributed by atoms with Crippen LogP contribution in [0.4, 0.5) is 0 Å². The molecule has 0 atom stereocenters. The van der Waals surface area contributed by atoms with Crippen molar-refractivity contribution in [3.8, 4) is 0 Å². The minimum absolute atomic E-state index is 0.0592. The number of nitrogens with zero attached hydrogens (tertiary/aromatic N) is 6. The number of pyridine rings is 1. The topological polar surface area (TPSA) is 87.8 Å². The zero-order valence-corrected chi connectivity index (χ0v) is 16.5. The summed E-state index contributed by atoms with van der Waals surface area (Å²) in [4.78, 5) is 20.8. The lowest BCUT2D eigenvalue weighted by atomic mass is 10.4. The van der Waals surface area contributed by atoms with E-state index < -0.39 is 0 Å². The summed E-state index contributed by atoms with van der Waals surface area (Å²) in [6.07, 6.45) is 6.82. The van der Waals surface area contributed by atoms with Crippen molar-refractivity contribution >= 4 is 29.6 Å². The number of carbonyl (C=O) groups excluding carboxylic acids is 1. The van der Waals surface area contributed by atoms with Crippen LogP contribution >= 0.6 is 0 Å². The van der Waals surface area contributed by atoms with Gasteiger partial charge in [-0.3, -0.25) is 4.79 Å². The molecule has 2 aromatic rings. The van der Waals surface area contributed by atoms with Crippen LogP contribution in [0.25, 0.3) is 11.2 Å². The summed E-state index contributed by atoms with van der Waals surface area (Å²) in [6.45, 7) is 13.3. The van der Waals surface area contributed by atoms with Gasteiger partial charge in [-0.05, 0) is 19.1 Å². The molecular weight excluding hydrogens is 330 g/mol. The fourth-order valence-corrected chi connectivity index (χ4v) is 1.82. The lowest BCUT2D eigenvalue weighted by molar-refractivity contribution is -0.120. The highest BCUT2D eigenvalue weighted by Crippen LogP contribution is 2.05. The molecule has 3 heterocycles. The number of amidine groups is 1. The summed E-state index contributed by atoms with van der Waals surface area (Å²) in [5.41, 5.74) is 1.88. The normalized spacial score (nSPS) is 12.6. The molecule has 0 saturated heterocycles. The van der Waals surface area contributed by atoms with Crippen molar-refractivity contribution < 1.29 is 4.79 Å². The Morgan fingerprint density at radius 2 is 1.96 bits per heavy atom. The van der Waals surface area contributed by atoms with Crippen LogP contribution in [0.1, 0.15) is 34.6 Å². The molecule has 3 rings (SSSR count). The minimum Gasteiger partial charge on any atom is -0.330 e. The summed E-state index contributed by atoms with van der Waals surface area (Å²) >= 11 is 0. The molecule has 0 unspecified atom stereocenters. The average molecular weight is 359 g/mol. The van der Waals surface area contributed by atoms with Gasteiger partial charge in [0.25, 0.3) is 0 Å². The van der Waals surface area contributed by atoms with Crippen molar-refractivity contribution in [3.63, 3.8) is 0 Å². The first kappa shape index (κ1) is 23.0. The first-order valence-corrected chi connectivity index (χ1v) is 8.57. The number of fused-ring (bicyclic) bond motifs is 1. The number of aryl methyl sites for hydroxylation is 1. The average Bonchev–Trinajstić information content (AvgIpc) is 3.07. The number of rotatable bonds is 1. The third-order valence-corrected chi connectivity index (χ3v) is 2.91. The number of hydrogen-bond acceptors (Lipinski definition) is 5. The lowest BCUT2D eigenvalue weighted by Crippen LogP contribution is -2.38. The highest BCUT2D eigenvalue weighted by atomic mass is 16.2. The summed E-state index contributed by atoms with van der Waals surface area (Å²) in [6, 6.07) is 3.83. The summed E-state index contributed by atoms with van der Waals surface area (Å²) < 4.78 is 1.90. The third-order valence-electron chi connectivity index (χ3n) is 2.91. The Bertz CT molecular complexity index is 734. The maximum atomic E-state index is 10.9. The molecule has 8 nitrogen and oxygen atoms in total. The zero-order chi connectivity index (χ0) is 19.9. The van der Waals surface area contributed by atoms with Crippen LogP contribution < -0.4 is 5.32 Å². The lowest BCUT2D eigenvalue weighted by Gasteiger charge is -2.21. The monoisotopic (exact) mass is 359 g/mol. The molecule has 0 spiro atoms. The van der Waals surface area contributed by atoms with Crippen LogP contribution in [0, 0.1) is 0 Å². The number of imidazole rings is 1. The van der Waals surface area contributed by atoms with Gasteiger partial charge in [0.2, 0.25) is 5.91 Å². The Hall–Kier alpha value is -3.03. The molecule has 0 aliphatic carbocycles. The van der Waals surface area contributed by atoms with E-state index in [4.69, 9.17) is 0 Å². The van der Waals surface area contributed by atoms with Gasteiger partial charge in [-0.15, -0.1) is 5.10 Å². The number of hydrogen-bond donors (Lipinski definition) is 1. The molecule has 0 fully saturated rings. The zero-order valence-electron chi connectivity index (χ0n) is 16.5. The summed E-state index contributed by atoms with van der Waals surface area (Å²) in [5.74, 6) is 0.590. The standard InChI is InChI=1S/C7H10N4O.C7H7N3.2C2H6/c1-6(10-8-2)11-4-3-9-7(12)5-11;1-10-5-9-6-3-2-4-8-7(6)10;2*1-2/h3-4H,2,5H2,1H3,(H,9,12);2-5H,1H3;2*1-2H3/b10-6-;;;. The predicted molar refractivity (Wildman–Crippen MR) is 108 cm³/mol. The number of carbonyl (C=O) groups is 1. The van der Waals surface area contributed by atoms with Gasteiger partial charge in [0.05, 0.1) is 6.33 Å². The van der Waals surface area contributed by atoms with Crippen molar-refractivity contribution in [3.05, 3.63) is 37.1 Å². The van der Waals surface area contributed by atoms with E-state index in [0.717, 1.165) is 11.2 Å². The molecule has 0 radical (unpaired) electrons. The maximum absolute atomic E-state index is 10.9. The van der Waals surface area contributed by atoms with E-state index in [2.05, 4.69) is 32.2 Å². The van der Waals surface area contributed by atoms with E-state index >= 15 is 0 Å². The van der Waals surface area contributed by atoms with Crippen molar-refractivity contribution in [1.82, 2.24) is 24.8 Å². The number of aromatic nitrogens is 3. The summed E-state index contributed by atoms with van der Waals surface area (Å²) in [5, 5.41) is 9.62. The fourth-order valence-electron chi connectivity index (χ4n) is 1.82. The number of amides is 1. The van der Waals surface area contributed by atoms with Crippen LogP contribution in [0.2, 0.25) is 0 Å². The van der Waals surface area contributed by atoms with Gasteiger partial charge in [-0.2, -0.15) is 5.10 Å². The van der Waals surface area contributed by atoms with Crippen LogP contribution in [0.15, 0.2) is 47.3 Å². The van der Waals surface area contributed by atoms with Gasteiger partial charge in [0.15, 0.2) is 5.65 Å². The summed E-state index contributed by atoms with van der Waals surface area (Å²) in [7, 11) is 1.93. The fraction of sp³-hybridized carbons (Fsp3) is 0.389. The van der Waals surface area contributed by atoms with Crippen LogP contribution in [0.5, 0.6) is 0 Å². The van der Waals surface area contributed by atoms with Gasteiger partial charge < -0.3 is 14.8 Å². The quantitative estimate of drug-likeness (QED) is 0.482. The van der Waals surface area contributed by atoms with Crippen molar-refractivity contribution in [1.29, 1.82) is 0 Å². The highest BCUT2D eigenvalue weighted by Gasteiger charge is 2.12. The van der Waals surface area contributed by atoms with E-state index in [1.54, 1.807) is 36.7 Å². The molecule has 2 aromatic heterocycles. The molecule has 0 bridgehead atoms. The second-order valence-electron chi connectivity index (χ2n) is 4.50. The maximum Gasteiger partial charge on any atom is 0.243 e. The Morgan fingerprint density at radius 1 is 1.27 bits per heavy atom. The van der Waals surface area contributed by atoms with Gasteiger partial charge >= 0.3 is 0 Å². The second-order valence-corrected chi connectivity index (χ2v) is 4.50. The third kappa shape index (κ3) is 7.25. The first-order chi connectivity index (χ1) is 12.6. The van der Waals surface area contributed by atoms with Crippen molar-refractivity contribution in [2.45, 2.75) is 34.6 Å². The van der Waals surface area contributed by atoms with E-state index in [-0.39, 0.29) is 12.5 Å². The van der Waals surface area contributed by atoms with Crippen molar-refractivity contribution in [2.75, 3.05) is 6.54 Å². The molecule has 1 aliphatic heterocycles. The van der Waals surface area contributed by atoms with E-state index in [1.165, 1.54) is 0 Å². The van der Waals surface area contributed by atoms with Gasteiger partial charge in [0, 0.05) is 32.4 Å². The molecule has 1 aliphatic rings. The van der Waals surface area contributed by atoms with E-state index in [9.17, 15) is 4.79 Å². The largest absolute Gasteiger partial charge is 0.330 e. The van der Waals surface area contributed by atoms with Gasteiger partial charge in [-0.1, -0.05) is 27.7 Å². The SMILES string of the molecule is C=N/N=C(/C)N1C=CNC(=O)C1.CC.CC.Cn1cnc2cccnc21. The highest BCUT2D eigenvalue weighted by molar-refractivity contribution is 5.88. The molecule has 0 aromatic carbocycles. The van der Waals surface area contributed by atoms with Crippen LogP contribution in [-0.4, -0.2) is 44.4 Å². The van der Waals surface area contributed by atoms with Crippen molar-refractivity contribution in [2.24, 2.45) is 17.3 Å². The van der Waals surface area contributed by atoms with E-state index in [0.29, 0.717) is 5.84 Å². The molecule has 142 valence electrons. The molecular formula is C18H29N7O. The predicted octanol–water partition coefficient (Wildman–Crippen LogP) is 2.94. The molecule has 8 heteroatoms. The Kier molecular flexibility index (Phi) is 11.7. The van der Waals surface area contributed by atoms with Gasteiger partial charge in [-0.25, -0.2) is 9.97 Å². The Labute approximate surface area is 155 Å². The van der Waals surface area contributed by atoms with Crippen LogP contribution in [-0.2, 0) is 11.8 Å². The minimum atomic E-state index is -0.0592.